The van der Waals surface area contributed by atoms with Gasteiger partial charge in [-0.15, -0.1) is 0 Å². The van der Waals surface area contributed by atoms with Crippen LogP contribution in [0.5, 0.6) is 0 Å². The van der Waals surface area contributed by atoms with Crippen molar-refractivity contribution in [1.82, 2.24) is 25.5 Å². The molecule has 2 aromatic heterocycles. The van der Waals surface area contributed by atoms with Gasteiger partial charge < -0.3 is 20.4 Å². The molecule has 1 saturated heterocycles. The van der Waals surface area contributed by atoms with Crippen molar-refractivity contribution in [3.63, 3.8) is 0 Å². The SMILES string of the molecule is CCNC(=NCC(C)c1ccsc1)NCCC(=O)N1CCN(c2ncccn2)CC1. The summed E-state index contributed by atoms with van der Waals surface area (Å²) in [5, 5.41) is 10.8. The van der Waals surface area contributed by atoms with Crippen LogP contribution in [0.25, 0.3) is 0 Å². The zero-order valence-corrected chi connectivity index (χ0v) is 18.6. The Morgan fingerprint density at radius 1 is 1.23 bits per heavy atom. The second kappa shape index (κ2) is 11.5. The molecule has 2 aromatic rings. The summed E-state index contributed by atoms with van der Waals surface area (Å²) in [5.41, 5.74) is 1.31. The lowest BCUT2D eigenvalue weighted by molar-refractivity contribution is -0.131. The van der Waals surface area contributed by atoms with Crippen LogP contribution in [0.4, 0.5) is 5.95 Å². The number of aromatic nitrogens is 2. The molecule has 1 fully saturated rings. The van der Waals surface area contributed by atoms with Crippen LogP contribution in [-0.2, 0) is 4.79 Å². The minimum absolute atomic E-state index is 0.165. The van der Waals surface area contributed by atoms with Crippen molar-refractivity contribution < 1.29 is 4.79 Å². The molecule has 0 aromatic carbocycles. The molecule has 0 saturated carbocycles. The molecule has 8 nitrogen and oxygen atoms in total. The summed E-state index contributed by atoms with van der Waals surface area (Å²) in [6.07, 6.45) is 3.94. The van der Waals surface area contributed by atoms with E-state index >= 15 is 0 Å². The van der Waals surface area contributed by atoms with Gasteiger partial charge in [-0.25, -0.2) is 9.97 Å². The smallest absolute Gasteiger partial charge is 0.225 e. The van der Waals surface area contributed by atoms with Gasteiger partial charge in [0.05, 0.1) is 0 Å². The van der Waals surface area contributed by atoms with Gasteiger partial charge in [0.2, 0.25) is 11.9 Å². The van der Waals surface area contributed by atoms with E-state index in [-0.39, 0.29) is 5.91 Å². The normalized spacial score (nSPS) is 15.7. The molecule has 0 spiro atoms. The van der Waals surface area contributed by atoms with Crippen molar-refractivity contribution in [2.45, 2.75) is 26.2 Å². The monoisotopic (exact) mass is 429 g/mol. The molecule has 1 aliphatic heterocycles. The van der Waals surface area contributed by atoms with Crippen molar-refractivity contribution in [3.8, 4) is 0 Å². The first-order chi connectivity index (χ1) is 14.7. The van der Waals surface area contributed by atoms with Crippen molar-refractivity contribution >= 4 is 29.2 Å². The molecule has 1 amide bonds. The quantitative estimate of drug-likeness (QED) is 0.493. The maximum Gasteiger partial charge on any atom is 0.225 e. The zero-order valence-electron chi connectivity index (χ0n) is 17.8. The number of carbonyl (C=O) groups is 1. The summed E-state index contributed by atoms with van der Waals surface area (Å²) >= 11 is 1.71. The van der Waals surface area contributed by atoms with Gasteiger partial charge in [0.25, 0.3) is 0 Å². The van der Waals surface area contributed by atoms with Crippen LogP contribution in [0.2, 0.25) is 0 Å². The highest BCUT2D eigenvalue weighted by Crippen LogP contribution is 2.18. The molecular formula is C21H31N7OS. The summed E-state index contributed by atoms with van der Waals surface area (Å²) in [6, 6.07) is 3.96. The number of aliphatic imine (C=N–C) groups is 1. The van der Waals surface area contributed by atoms with Crippen molar-refractivity contribution in [3.05, 3.63) is 40.8 Å². The second-order valence-corrected chi connectivity index (χ2v) is 8.05. The average Bonchev–Trinajstić information content (AvgIpc) is 3.33. The van der Waals surface area contributed by atoms with Crippen LogP contribution in [0.1, 0.15) is 31.7 Å². The number of thiophene rings is 1. The predicted molar refractivity (Wildman–Crippen MR) is 122 cm³/mol. The van der Waals surface area contributed by atoms with E-state index in [9.17, 15) is 4.79 Å². The molecule has 0 radical (unpaired) electrons. The summed E-state index contributed by atoms with van der Waals surface area (Å²) in [6.45, 7) is 9.20. The van der Waals surface area contributed by atoms with E-state index in [4.69, 9.17) is 0 Å². The molecule has 0 aliphatic carbocycles. The molecule has 1 unspecified atom stereocenters. The highest BCUT2D eigenvalue weighted by molar-refractivity contribution is 7.07. The van der Waals surface area contributed by atoms with Gasteiger partial charge in [0.15, 0.2) is 5.96 Å². The van der Waals surface area contributed by atoms with Crippen LogP contribution in [0.15, 0.2) is 40.3 Å². The second-order valence-electron chi connectivity index (χ2n) is 7.27. The van der Waals surface area contributed by atoms with Crippen LogP contribution in [0, 0.1) is 0 Å². The standard InChI is InChI=1S/C21H31N7OS/c1-3-22-20(26-15-17(2)18-6-14-30-16-18)23-9-5-19(29)27-10-12-28(13-11-27)21-24-7-4-8-25-21/h4,6-8,14,16-17H,3,5,9-13,15H2,1-2H3,(H2,22,23,26). The third-order valence-corrected chi connectivity index (χ3v) is 5.78. The summed E-state index contributed by atoms with van der Waals surface area (Å²) in [4.78, 5) is 29.9. The molecule has 30 heavy (non-hydrogen) atoms. The number of nitrogens with one attached hydrogen (secondary N) is 2. The summed E-state index contributed by atoms with van der Waals surface area (Å²) < 4.78 is 0. The van der Waals surface area contributed by atoms with E-state index in [0.717, 1.165) is 31.5 Å². The predicted octanol–water partition coefficient (Wildman–Crippen LogP) is 1.94. The lowest BCUT2D eigenvalue weighted by Crippen LogP contribution is -2.50. The van der Waals surface area contributed by atoms with Crippen LogP contribution >= 0.6 is 11.3 Å². The van der Waals surface area contributed by atoms with E-state index in [1.807, 2.05) is 17.9 Å². The first-order valence-corrected chi connectivity index (χ1v) is 11.5. The Hall–Kier alpha value is -2.68. The van der Waals surface area contributed by atoms with Gasteiger partial charge >= 0.3 is 0 Å². The number of nitrogens with zero attached hydrogens (tertiary/aromatic N) is 5. The number of guanidine groups is 1. The Labute approximate surface area is 182 Å². The van der Waals surface area contributed by atoms with Crippen LogP contribution in [0.3, 0.4) is 0 Å². The number of amides is 1. The van der Waals surface area contributed by atoms with E-state index in [1.165, 1.54) is 5.56 Å². The fourth-order valence-corrected chi connectivity index (χ4v) is 4.07. The molecule has 1 atom stereocenters. The van der Waals surface area contributed by atoms with E-state index < -0.39 is 0 Å². The van der Waals surface area contributed by atoms with Crippen LogP contribution < -0.4 is 15.5 Å². The topological polar surface area (TPSA) is 85.8 Å². The molecule has 3 heterocycles. The third kappa shape index (κ3) is 6.41. The maximum atomic E-state index is 12.6. The van der Waals surface area contributed by atoms with Gasteiger partial charge in [-0.2, -0.15) is 11.3 Å². The van der Waals surface area contributed by atoms with E-state index in [2.05, 4.69) is 54.2 Å². The lowest BCUT2D eigenvalue weighted by Gasteiger charge is -2.34. The molecule has 3 rings (SSSR count). The minimum Gasteiger partial charge on any atom is -0.357 e. The highest BCUT2D eigenvalue weighted by atomic mass is 32.1. The fraction of sp³-hybridized carbons (Fsp3) is 0.524. The molecule has 2 N–H and O–H groups in total. The number of hydrogen-bond donors (Lipinski definition) is 2. The first kappa shape index (κ1) is 22.0. The zero-order chi connectivity index (χ0) is 21.2. The Bertz CT molecular complexity index is 789. The largest absolute Gasteiger partial charge is 0.357 e. The first-order valence-electron chi connectivity index (χ1n) is 10.5. The van der Waals surface area contributed by atoms with Gasteiger partial charge in [-0.1, -0.05) is 6.92 Å². The van der Waals surface area contributed by atoms with Crippen molar-refractivity contribution in [2.75, 3.05) is 50.7 Å². The minimum atomic E-state index is 0.165. The van der Waals surface area contributed by atoms with E-state index in [1.54, 1.807) is 23.7 Å². The van der Waals surface area contributed by atoms with E-state index in [0.29, 0.717) is 38.5 Å². The molecule has 162 valence electrons. The lowest BCUT2D eigenvalue weighted by atomic mass is 10.1. The Morgan fingerprint density at radius 3 is 2.67 bits per heavy atom. The summed E-state index contributed by atoms with van der Waals surface area (Å²) in [7, 11) is 0. The number of rotatable bonds is 8. The molecule has 9 heteroatoms. The number of piperazine rings is 1. The van der Waals surface area contributed by atoms with Crippen LogP contribution in [-0.4, -0.2) is 72.5 Å². The number of hydrogen-bond acceptors (Lipinski definition) is 6. The van der Waals surface area contributed by atoms with Gasteiger partial charge in [0.1, 0.15) is 0 Å². The maximum absolute atomic E-state index is 12.6. The Morgan fingerprint density at radius 2 is 2.00 bits per heavy atom. The van der Waals surface area contributed by atoms with Gasteiger partial charge in [-0.05, 0) is 35.4 Å². The number of carbonyl (C=O) groups excluding carboxylic acids is 1. The Kier molecular flexibility index (Phi) is 8.43. The fourth-order valence-electron chi connectivity index (χ4n) is 3.29. The third-order valence-electron chi connectivity index (χ3n) is 5.08. The van der Waals surface area contributed by atoms with Gasteiger partial charge in [-0.3, -0.25) is 9.79 Å². The average molecular weight is 430 g/mol. The number of anilines is 1. The highest BCUT2D eigenvalue weighted by Gasteiger charge is 2.22. The molecule has 1 aliphatic rings. The molecule has 0 bridgehead atoms. The molecular weight excluding hydrogens is 398 g/mol. The Balaban J connectivity index is 1.40. The van der Waals surface area contributed by atoms with Gasteiger partial charge in [0, 0.05) is 70.5 Å². The van der Waals surface area contributed by atoms with Crippen molar-refractivity contribution in [1.29, 1.82) is 0 Å². The summed E-state index contributed by atoms with van der Waals surface area (Å²) in [5.74, 6) is 2.03. The van der Waals surface area contributed by atoms with Crippen molar-refractivity contribution in [2.24, 2.45) is 4.99 Å².